The third kappa shape index (κ3) is 4.70. The van der Waals surface area contributed by atoms with Crippen LogP contribution in [0.2, 0.25) is 0 Å². The summed E-state index contributed by atoms with van der Waals surface area (Å²) in [5.74, 6) is -1.08. The molecule has 0 saturated carbocycles. The minimum atomic E-state index is -1.26. The first-order valence-corrected chi connectivity index (χ1v) is 11.6. The van der Waals surface area contributed by atoms with Gasteiger partial charge in [0.25, 0.3) is 0 Å². The molecule has 0 aliphatic carbocycles. The highest BCUT2D eigenvalue weighted by Crippen LogP contribution is 2.47. The Bertz CT molecular complexity index is 1060. The van der Waals surface area contributed by atoms with Crippen LogP contribution in [0.25, 0.3) is 0 Å². The molecule has 0 aromatic heterocycles. The van der Waals surface area contributed by atoms with Crippen LogP contribution in [0.3, 0.4) is 0 Å². The third-order valence-corrected chi connectivity index (χ3v) is 7.58. The summed E-state index contributed by atoms with van der Waals surface area (Å²) in [7, 11) is 0. The number of likely N-dealkylation sites (tertiary alicyclic amines) is 1. The van der Waals surface area contributed by atoms with Crippen molar-refractivity contribution in [2.75, 3.05) is 0 Å². The zero-order valence-electron chi connectivity index (χ0n) is 16.8. The SMILES string of the molecule is O=C1C[C@@](Sc2ccccc2)(C(=O)O)[C@H](Cc2ccccc2)N1Cc1ccc(Br)cc1. The second kappa shape index (κ2) is 9.28. The van der Waals surface area contributed by atoms with Crippen LogP contribution in [0.15, 0.2) is 94.3 Å². The molecule has 2 atom stereocenters. The van der Waals surface area contributed by atoms with Crippen LogP contribution in [-0.4, -0.2) is 32.7 Å². The molecule has 3 aromatic carbocycles. The van der Waals surface area contributed by atoms with Crippen molar-refractivity contribution in [3.8, 4) is 0 Å². The van der Waals surface area contributed by atoms with Gasteiger partial charge in [0.15, 0.2) is 0 Å². The Morgan fingerprint density at radius 3 is 2.19 bits per heavy atom. The number of carbonyl (C=O) groups excluding carboxylic acids is 1. The fraction of sp³-hybridized carbons (Fsp3) is 0.200. The molecule has 1 aliphatic rings. The summed E-state index contributed by atoms with van der Waals surface area (Å²) in [5.41, 5.74) is 1.99. The zero-order chi connectivity index (χ0) is 21.8. The molecular weight excluding hydrogens is 474 g/mol. The van der Waals surface area contributed by atoms with E-state index in [9.17, 15) is 14.7 Å². The maximum atomic E-state index is 13.2. The van der Waals surface area contributed by atoms with Gasteiger partial charge in [0.2, 0.25) is 5.91 Å². The van der Waals surface area contributed by atoms with E-state index in [1.807, 2.05) is 84.9 Å². The van der Waals surface area contributed by atoms with E-state index < -0.39 is 16.8 Å². The molecule has 0 bridgehead atoms. The molecule has 158 valence electrons. The van der Waals surface area contributed by atoms with Gasteiger partial charge >= 0.3 is 5.97 Å². The van der Waals surface area contributed by atoms with Crippen LogP contribution in [0.1, 0.15) is 17.5 Å². The molecule has 1 aliphatic heterocycles. The van der Waals surface area contributed by atoms with Gasteiger partial charge in [-0.3, -0.25) is 9.59 Å². The summed E-state index contributed by atoms with van der Waals surface area (Å²) in [5, 5.41) is 10.4. The standard InChI is InChI=1S/C25H22BrNO3S/c26-20-13-11-19(12-14-20)17-27-22(15-18-7-3-1-4-8-18)25(24(29)30,16-23(27)28)31-21-9-5-2-6-10-21/h1-14,22H,15-17H2,(H,29,30)/t22-,25-/m0/s1. The van der Waals surface area contributed by atoms with Gasteiger partial charge < -0.3 is 10.0 Å². The van der Waals surface area contributed by atoms with E-state index >= 15 is 0 Å². The van der Waals surface area contributed by atoms with Crippen molar-refractivity contribution in [1.29, 1.82) is 0 Å². The molecule has 1 heterocycles. The van der Waals surface area contributed by atoms with E-state index in [4.69, 9.17) is 0 Å². The fourth-order valence-electron chi connectivity index (χ4n) is 4.03. The molecule has 31 heavy (non-hydrogen) atoms. The Hall–Kier alpha value is -2.57. The average Bonchev–Trinajstić information content (AvgIpc) is 3.03. The number of benzene rings is 3. The largest absolute Gasteiger partial charge is 0.480 e. The van der Waals surface area contributed by atoms with E-state index in [0.29, 0.717) is 13.0 Å². The van der Waals surface area contributed by atoms with Crippen molar-refractivity contribution >= 4 is 39.6 Å². The predicted molar refractivity (Wildman–Crippen MR) is 126 cm³/mol. The van der Waals surface area contributed by atoms with Crippen LogP contribution in [0.4, 0.5) is 0 Å². The van der Waals surface area contributed by atoms with E-state index in [1.54, 1.807) is 4.90 Å². The molecule has 0 unspecified atom stereocenters. The van der Waals surface area contributed by atoms with Crippen LogP contribution in [0.5, 0.6) is 0 Å². The van der Waals surface area contributed by atoms with Gasteiger partial charge in [-0.15, -0.1) is 11.8 Å². The lowest BCUT2D eigenvalue weighted by Gasteiger charge is -2.34. The summed E-state index contributed by atoms with van der Waals surface area (Å²) in [6, 6.07) is 26.6. The molecular formula is C25H22BrNO3S. The van der Waals surface area contributed by atoms with Gasteiger partial charge in [-0.05, 0) is 41.8 Å². The monoisotopic (exact) mass is 495 g/mol. The Labute approximate surface area is 194 Å². The summed E-state index contributed by atoms with van der Waals surface area (Å²) in [6.45, 7) is 0.383. The van der Waals surface area contributed by atoms with Crippen LogP contribution in [0, 0.1) is 0 Å². The molecule has 6 heteroatoms. The van der Waals surface area contributed by atoms with Gasteiger partial charge in [0, 0.05) is 15.9 Å². The zero-order valence-corrected chi connectivity index (χ0v) is 19.2. The second-order valence-electron chi connectivity index (χ2n) is 7.64. The normalized spacial score (nSPS) is 20.7. The highest BCUT2D eigenvalue weighted by molar-refractivity contribution is 9.10. The highest BCUT2D eigenvalue weighted by Gasteiger charge is 2.57. The van der Waals surface area contributed by atoms with Gasteiger partial charge in [0.05, 0.1) is 12.5 Å². The Morgan fingerprint density at radius 1 is 0.968 bits per heavy atom. The number of halogens is 1. The van der Waals surface area contributed by atoms with Crippen LogP contribution >= 0.6 is 27.7 Å². The Morgan fingerprint density at radius 2 is 1.58 bits per heavy atom. The molecule has 1 N–H and O–H groups in total. The number of rotatable bonds is 7. The minimum absolute atomic E-state index is 0.0318. The minimum Gasteiger partial charge on any atom is -0.480 e. The summed E-state index contributed by atoms with van der Waals surface area (Å²) < 4.78 is -0.298. The number of nitrogens with zero attached hydrogens (tertiary/aromatic N) is 1. The van der Waals surface area contributed by atoms with Gasteiger partial charge in [-0.1, -0.05) is 76.6 Å². The molecule has 4 nitrogen and oxygen atoms in total. The van der Waals surface area contributed by atoms with E-state index in [0.717, 1.165) is 20.5 Å². The first kappa shape index (κ1) is 21.7. The molecule has 1 fully saturated rings. The van der Waals surface area contributed by atoms with Gasteiger partial charge in [-0.2, -0.15) is 0 Å². The van der Waals surface area contributed by atoms with Crippen molar-refractivity contribution in [2.24, 2.45) is 0 Å². The lowest BCUT2D eigenvalue weighted by Crippen LogP contribution is -2.49. The Kier molecular flexibility index (Phi) is 6.49. The first-order valence-electron chi connectivity index (χ1n) is 10.0. The lowest BCUT2D eigenvalue weighted by atomic mass is 9.93. The number of amides is 1. The van der Waals surface area contributed by atoms with E-state index in [1.165, 1.54) is 11.8 Å². The average molecular weight is 496 g/mol. The van der Waals surface area contributed by atoms with E-state index in [2.05, 4.69) is 15.9 Å². The van der Waals surface area contributed by atoms with Gasteiger partial charge in [-0.25, -0.2) is 0 Å². The fourth-order valence-corrected chi connectivity index (χ4v) is 5.64. The maximum Gasteiger partial charge on any atom is 0.322 e. The molecule has 4 rings (SSSR count). The third-order valence-electron chi connectivity index (χ3n) is 5.59. The highest BCUT2D eigenvalue weighted by atomic mass is 79.9. The van der Waals surface area contributed by atoms with Crippen LogP contribution in [-0.2, 0) is 22.6 Å². The van der Waals surface area contributed by atoms with E-state index in [-0.39, 0.29) is 12.3 Å². The second-order valence-corrected chi connectivity index (χ2v) is 9.96. The van der Waals surface area contributed by atoms with Crippen LogP contribution < -0.4 is 0 Å². The molecule has 1 amide bonds. The quantitative estimate of drug-likeness (QED) is 0.476. The van der Waals surface area contributed by atoms with Crippen molar-refractivity contribution in [3.63, 3.8) is 0 Å². The number of carboxylic acids is 1. The number of aliphatic carboxylic acids is 1. The Balaban J connectivity index is 1.73. The maximum absolute atomic E-state index is 13.2. The van der Waals surface area contributed by atoms with Crippen molar-refractivity contribution < 1.29 is 14.7 Å². The van der Waals surface area contributed by atoms with Gasteiger partial charge in [0.1, 0.15) is 4.75 Å². The smallest absolute Gasteiger partial charge is 0.322 e. The summed E-state index contributed by atoms with van der Waals surface area (Å²) in [4.78, 5) is 28.5. The number of carboxylic acid groups (broad SMARTS) is 1. The molecule has 0 radical (unpaired) electrons. The molecule has 3 aromatic rings. The topological polar surface area (TPSA) is 57.6 Å². The summed E-state index contributed by atoms with van der Waals surface area (Å²) >= 11 is 4.72. The van der Waals surface area contributed by atoms with Crippen molar-refractivity contribution in [1.82, 2.24) is 4.90 Å². The molecule has 1 saturated heterocycles. The first-order chi connectivity index (χ1) is 15.0. The predicted octanol–water partition coefficient (Wildman–Crippen LogP) is 5.41. The lowest BCUT2D eigenvalue weighted by molar-refractivity contribution is -0.140. The number of hydrogen-bond acceptors (Lipinski definition) is 3. The number of carbonyl (C=O) groups is 2. The van der Waals surface area contributed by atoms with Crippen molar-refractivity contribution in [2.45, 2.75) is 35.1 Å². The number of thioether (sulfide) groups is 1. The van der Waals surface area contributed by atoms with Crippen molar-refractivity contribution in [3.05, 3.63) is 101 Å². The molecule has 0 spiro atoms. The number of hydrogen-bond donors (Lipinski definition) is 1. The summed E-state index contributed by atoms with van der Waals surface area (Å²) in [6.07, 6.45) is 0.450.